The van der Waals surface area contributed by atoms with Gasteiger partial charge in [-0.1, -0.05) is 6.07 Å². The molecule has 0 aliphatic carbocycles. The van der Waals surface area contributed by atoms with Gasteiger partial charge in [0, 0.05) is 24.3 Å². The second-order valence-electron chi connectivity index (χ2n) is 4.81. The minimum absolute atomic E-state index is 0.205. The van der Waals surface area contributed by atoms with Crippen molar-refractivity contribution in [2.45, 2.75) is 20.4 Å². The summed E-state index contributed by atoms with van der Waals surface area (Å²) < 4.78 is 17.4. The number of aryl methyl sites for hydroxylation is 2. The van der Waals surface area contributed by atoms with E-state index in [0.29, 0.717) is 12.1 Å². The molecular weight excluding hydrogens is 255 g/mol. The molecule has 0 atom stereocenters. The second-order valence-corrected chi connectivity index (χ2v) is 4.81. The molecule has 0 spiro atoms. The smallest absolute Gasteiger partial charge is 0.128 e. The average molecular weight is 270 g/mol. The molecule has 1 aromatic carbocycles. The SMILES string of the molecule is Cc1ccc(-n2cnc(Cn3ccnc3C)c2)cc1F. The molecule has 0 radical (unpaired) electrons. The summed E-state index contributed by atoms with van der Waals surface area (Å²) in [5.41, 5.74) is 2.32. The van der Waals surface area contributed by atoms with E-state index in [9.17, 15) is 4.39 Å². The van der Waals surface area contributed by atoms with Crippen molar-refractivity contribution in [2.75, 3.05) is 0 Å². The number of rotatable bonds is 3. The van der Waals surface area contributed by atoms with Gasteiger partial charge in [-0.15, -0.1) is 0 Å². The first-order valence-corrected chi connectivity index (χ1v) is 6.40. The minimum atomic E-state index is -0.205. The van der Waals surface area contributed by atoms with Crippen LogP contribution >= 0.6 is 0 Å². The molecule has 20 heavy (non-hydrogen) atoms. The van der Waals surface area contributed by atoms with E-state index in [0.717, 1.165) is 17.2 Å². The topological polar surface area (TPSA) is 35.6 Å². The maximum atomic E-state index is 13.6. The van der Waals surface area contributed by atoms with Crippen LogP contribution in [-0.4, -0.2) is 19.1 Å². The Morgan fingerprint density at radius 1 is 1.20 bits per heavy atom. The van der Waals surface area contributed by atoms with Crippen molar-refractivity contribution in [1.29, 1.82) is 0 Å². The van der Waals surface area contributed by atoms with Gasteiger partial charge in [-0.2, -0.15) is 0 Å². The Labute approximate surface area is 116 Å². The lowest BCUT2D eigenvalue weighted by Crippen LogP contribution is -2.01. The lowest BCUT2D eigenvalue weighted by molar-refractivity contribution is 0.617. The second kappa shape index (κ2) is 4.92. The molecule has 0 fully saturated rings. The van der Waals surface area contributed by atoms with Gasteiger partial charge in [0.05, 0.1) is 18.6 Å². The third-order valence-electron chi connectivity index (χ3n) is 3.35. The fourth-order valence-electron chi connectivity index (χ4n) is 2.07. The van der Waals surface area contributed by atoms with Gasteiger partial charge >= 0.3 is 0 Å². The number of halogens is 1. The van der Waals surface area contributed by atoms with Crippen LogP contribution in [0.4, 0.5) is 4.39 Å². The molecule has 0 bridgehead atoms. The molecule has 0 aliphatic rings. The van der Waals surface area contributed by atoms with Gasteiger partial charge in [0.25, 0.3) is 0 Å². The number of benzene rings is 1. The highest BCUT2D eigenvalue weighted by Gasteiger charge is 2.05. The summed E-state index contributed by atoms with van der Waals surface area (Å²) in [5, 5.41) is 0. The Hall–Kier alpha value is -2.43. The van der Waals surface area contributed by atoms with Crippen molar-refractivity contribution in [3.63, 3.8) is 0 Å². The summed E-state index contributed by atoms with van der Waals surface area (Å²) in [6.07, 6.45) is 7.29. The van der Waals surface area contributed by atoms with E-state index in [1.54, 1.807) is 25.5 Å². The molecule has 0 saturated carbocycles. The third kappa shape index (κ3) is 2.34. The molecular formula is C15H15FN4. The predicted molar refractivity (Wildman–Crippen MR) is 74.3 cm³/mol. The molecule has 3 aromatic rings. The molecule has 0 aliphatic heterocycles. The van der Waals surface area contributed by atoms with Crippen LogP contribution in [0.5, 0.6) is 0 Å². The van der Waals surface area contributed by atoms with Crippen molar-refractivity contribution in [3.8, 4) is 5.69 Å². The highest BCUT2D eigenvalue weighted by Crippen LogP contribution is 2.14. The van der Waals surface area contributed by atoms with Crippen LogP contribution in [-0.2, 0) is 6.54 Å². The molecule has 0 N–H and O–H groups in total. The molecule has 4 nitrogen and oxygen atoms in total. The van der Waals surface area contributed by atoms with Gasteiger partial charge in [-0.3, -0.25) is 0 Å². The largest absolute Gasteiger partial charge is 0.329 e. The molecule has 2 aromatic heterocycles. The summed E-state index contributed by atoms with van der Waals surface area (Å²) in [6.45, 7) is 4.36. The van der Waals surface area contributed by atoms with E-state index in [-0.39, 0.29) is 5.82 Å². The molecule has 0 saturated heterocycles. The van der Waals surface area contributed by atoms with E-state index in [4.69, 9.17) is 0 Å². The Bertz CT molecular complexity index is 742. The van der Waals surface area contributed by atoms with E-state index >= 15 is 0 Å². The number of hydrogen-bond donors (Lipinski definition) is 0. The highest BCUT2D eigenvalue weighted by molar-refractivity contribution is 5.35. The van der Waals surface area contributed by atoms with Gasteiger partial charge in [0.1, 0.15) is 11.6 Å². The van der Waals surface area contributed by atoms with Crippen LogP contribution in [0.25, 0.3) is 5.69 Å². The first-order valence-electron chi connectivity index (χ1n) is 6.40. The van der Waals surface area contributed by atoms with Crippen molar-refractivity contribution in [3.05, 3.63) is 66.0 Å². The quantitative estimate of drug-likeness (QED) is 0.733. The Balaban J connectivity index is 1.86. The lowest BCUT2D eigenvalue weighted by Gasteiger charge is -2.04. The van der Waals surface area contributed by atoms with Crippen LogP contribution in [0.15, 0.2) is 43.1 Å². The molecule has 0 amide bonds. The van der Waals surface area contributed by atoms with Crippen molar-refractivity contribution in [2.24, 2.45) is 0 Å². The van der Waals surface area contributed by atoms with Gasteiger partial charge in [-0.25, -0.2) is 14.4 Å². The minimum Gasteiger partial charge on any atom is -0.329 e. The Morgan fingerprint density at radius 2 is 2.05 bits per heavy atom. The molecule has 102 valence electrons. The maximum Gasteiger partial charge on any atom is 0.128 e. The average Bonchev–Trinajstić information content (AvgIpc) is 3.04. The lowest BCUT2D eigenvalue weighted by atomic mass is 10.2. The highest BCUT2D eigenvalue weighted by atomic mass is 19.1. The van der Waals surface area contributed by atoms with Crippen LogP contribution in [0.2, 0.25) is 0 Å². The fourth-order valence-corrected chi connectivity index (χ4v) is 2.07. The maximum absolute atomic E-state index is 13.6. The number of imidazole rings is 2. The Kier molecular flexibility index (Phi) is 3.10. The summed E-state index contributed by atoms with van der Waals surface area (Å²) >= 11 is 0. The first kappa shape index (κ1) is 12.6. The van der Waals surface area contributed by atoms with Crippen molar-refractivity contribution < 1.29 is 4.39 Å². The summed E-state index contributed by atoms with van der Waals surface area (Å²) in [6, 6.07) is 5.17. The van der Waals surface area contributed by atoms with E-state index in [1.165, 1.54) is 6.07 Å². The molecule has 2 heterocycles. The van der Waals surface area contributed by atoms with Crippen molar-refractivity contribution in [1.82, 2.24) is 19.1 Å². The van der Waals surface area contributed by atoms with E-state index < -0.39 is 0 Å². The third-order valence-corrected chi connectivity index (χ3v) is 3.35. The van der Waals surface area contributed by atoms with Crippen LogP contribution in [0.1, 0.15) is 17.1 Å². The number of aromatic nitrogens is 4. The molecule has 5 heteroatoms. The summed E-state index contributed by atoms with van der Waals surface area (Å²) in [4.78, 5) is 8.53. The normalized spacial score (nSPS) is 10.9. The van der Waals surface area contributed by atoms with E-state index in [1.807, 2.05) is 34.5 Å². The summed E-state index contributed by atoms with van der Waals surface area (Å²) in [5.74, 6) is 0.740. The Morgan fingerprint density at radius 3 is 2.75 bits per heavy atom. The summed E-state index contributed by atoms with van der Waals surface area (Å²) in [7, 11) is 0. The van der Waals surface area contributed by atoms with Crippen LogP contribution in [0, 0.1) is 19.7 Å². The van der Waals surface area contributed by atoms with Gasteiger partial charge < -0.3 is 9.13 Å². The van der Waals surface area contributed by atoms with Crippen LogP contribution < -0.4 is 0 Å². The zero-order chi connectivity index (χ0) is 14.1. The number of hydrogen-bond acceptors (Lipinski definition) is 2. The van der Waals surface area contributed by atoms with Gasteiger partial charge in [0.2, 0.25) is 0 Å². The van der Waals surface area contributed by atoms with Gasteiger partial charge in [0.15, 0.2) is 0 Å². The zero-order valence-corrected chi connectivity index (χ0v) is 11.4. The number of nitrogens with zero attached hydrogens (tertiary/aromatic N) is 4. The standard InChI is InChI=1S/C15H15FN4/c1-11-3-4-14(7-15(11)16)20-9-13(18-10-20)8-19-6-5-17-12(19)2/h3-7,9-10H,8H2,1-2H3. The monoisotopic (exact) mass is 270 g/mol. The first-order chi connectivity index (χ1) is 9.63. The zero-order valence-electron chi connectivity index (χ0n) is 11.4. The van der Waals surface area contributed by atoms with Crippen molar-refractivity contribution >= 4 is 0 Å². The fraction of sp³-hybridized carbons (Fsp3) is 0.200. The van der Waals surface area contributed by atoms with E-state index in [2.05, 4.69) is 9.97 Å². The van der Waals surface area contributed by atoms with Gasteiger partial charge in [-0.05, 0) is 31.5 Å². The van der Waals surface area contributed by atoms with Crippen LogP contribution in [0.3, 0.4) is 0 Å². The molecule has 0 unspecified atom stereocenters. The molecule has 3 rings (SSSR count). The predicted octanol–water partition coefficient (Wildman–Crippen LogP) is 2.87.